The van der Waals surface area contributed by atoms with Crippen LogP contribution in [0.5, 0.6) is 0 Å². The van der Waals surface area contributed by atoms with Gasteiger partial charge in [0, 0.05) is 177 Å². The lowest BCUT2D eigenvalue weighted by atomic mass is 9.87. The molecule has 0 N–H and O–H groups in total. The van der Waals surface area contributed by atoms with E-state index in [-0.39, 0.29) is 23.3 Å². The van der Waals surface area contributed by atoms with Gasteiger partial charge < -0.3 is 37.2 Å². The Kier molecular flexibility index (Phi) is 17.6. The zero-order valence-electron chi connectivity index (χ0n) is 77.1. The number of benzene rings is 22. The molecule has 12 heteroatoms. The molecule has 22 aromatic carbocycles. The Morgan fingerprint density at radius 1 is 0.132 bits per heavy atom. The fourth-order valence-corrected chi connectivity index (χ4v) is 24.4. The van der Waals surface area contributed by atoms with E-state index >= 15 is 17.6 Å². The minimum atomic E-state index is -0.326. The second-order valence-corrected chi connectivity index (χ2v) is 37.8. The summed E-state index contributed by atoms with van der Waals surface area (Å²) in [5.74, 6) is -1.27. The summed E-state index contributed by atoms with van der Waals surface area (Å²) in [5.41, 5.74) is 33.6. The first-order valence-electron chi connectivity index (χ1n) is 48.7. The highest BCUT2D eigenvalue weighted by Crippen LogP contribution is 2.60. The van der Waals surface area contributed by atoms with Gasteiger partial charge in [-0.3, -0.25) is 0 Å². The van der Waals surface area contributed by atoms with Crippen molar-refractivity contribution in [2.75, 3.05) is 19.6 Å². The van der Waals surface area contributed by atoms with Crippen molar-refractivity contribution in [1.29, 1.82) is 0 Å². The Hall–Kier alpha value is -19.0. The van der Waals surface area contributed by atoms with E-state index in [0.717, 1.165) is 265 Å². The largest absolute Gasteiger partial charge is 0.310 e. The Labute approximate surface area is 821 Å². The standard InChI is InChI=1S/C132H78F4N8/c133-85-54-58-93(59-55-85)137(89-38-14-4-15-39-89)97-62-66-113-107(75-97)101-48-25-51-104-121-118(80-30-10-2-11-31-80)131-124(119(81-32-12-3-13-33-81)130(121)142(113)125(101)104)112-72-84(71-111-110-78-98(63-69-116(110)144(131)128(111)112)138(90-40-16-5-17-41-90)94-60-56-86(134)57-61-94)82-34-22-35-83(70-82)120-123-106-53-27-50-103-108-76-99(139(91-42-18-6-19-43-91)95-46-23-36-87(135)73-95)64-67-114(108)141(127(103)106)129(123)117(79-28-8-1-9-29-79)122-105-52-26-49-102-109-77-100(65-68-115(109)143(126(102)105)132(120)122)140(92-44-20-7-21-45-92)96-47-24-37-88(136)74-96/h1-78H. The Balaban J connectivity index is 0.736. The molecular formula is C132H78F4N8. The van der Waals surface area contributed by atoms with Crippen LogP contribution in [0.15, 0.2) is 473 Å². The topological polar surface area (TPSA) is 30.6 Å². The van der Waals surface area contributed by atoms with E-state index in [4.69, 9.17) is 0 Å². The Bertz CT molecular complexity index is 10400. The summed E-state index contributed by atoms with van der Waals surface area (Å²) in [6, 6.07) is 163. The highest BCUT2D eigenvalue weighted by atomic mass is 19.1. The molecule has 0 bridgehead atoms. The number of halogens is 4. The molecule has 674 valence electrons. The molecule has 0 aliphatic rings. The molecular weight excluding hydrogens is 1770 g/mol. The van der Waals surface area contributed by atoms with Gasteiger partial charge in [-0.05, 0) is 258 Å². The van der Waals surface area contributed by atoms with Crippen LogP contribution in [0.2, 0.25) is 0 Å². The lowest BCUT2D eigenvalue weighted by molar-refractivity contribution is 0.627. The second kappa shape index (κ2) is 31.2. The van der Waals surface area contributed by atoms with Gasteiger partial charge in [0.15, 0.2) is 0 Å². The minimum Gasteiger partial charge on any atom is -0.310 e. The quantitative estimate of drug-likeness (QED) is 0.0850. The predicted octanol–water partition coefficient (Wildman–Crippen LogP) is 37.1. The van der Waals surface area contributed by atoms with E-state index in [9.17, 15) is 0 Å². The van der Waals surface area contributed by atoms with Crippen LogP contribution in [0.1, 0.15) is 0 Å². The molecule has 0 atom stereocenters. The molecule has 8 nitrogen and oxygen atoms in total. The van der Waals surface area contributed by atoms with Crippen LogP contribution in [0.4, 0.5) is 85.8 Å². The summed E-state index contributed by atoms with van der Waals surface area (Å²) >= 11 is 0. The highest BCUT2D eigenvalue weighted by molar-refractivity contribution is 6.41. The number of rotatable bonds is 17. The van der Waals surface area contributed by atoms with Gasteiger partial charge in [0.05, 0.1) is 66.2 Å². The van der Waals surface area contributed by atoms with E-state index in [1.807, 2.05) is 97.1 Å². The fraction of sp³-hybridized carbons (Fsp3) is 0. The van der Waals surface area contributed by atoms with E-state index in [1.165, 1.54) is 24.3 Å². The average molecular weight is 1850 g/mol. The van der Waals surface area contributed by atoms with Crippen LogP contribution in [-0.4, -0.2) is 17.6 Å². The van der Waals surface area contributed by atoms with Crippen molar-refractivity contribution in [3.05, 3.63) is 496 Å². The maximum atomic E-state index is 15.8. The van der Waals surface area contributed by atoms with Gasteiger partial charge in [0.2, 0.25) is 0 Å². The third kappa shape index (κ3) is 11.8. The van der Waals surface area contributed by atoms with Gasteiger partial charge in [-0.1, -0.05) is 249 Å². The summed E-state index contributed by atoms with van der Waals surface area (Å²) in [6.45, 7) is 0. The number of para-hydroxylation sites is 7. The zero-order chi connectivity index (χ0) is 95.0. The van der Waals surface area contributed by atoms with Crippen molar-refractivity contribution in [2.24, 2.45) is 0 Å². The van der Waals surface area contributed by atoms with E-state index in [0.29, 0.717) is 11.4 Å². The normalized spacial score (nSPS) is 12.2. The zero-order valence-corrected chi connectivity index (χ0v) is 77.1. The molecule has 0 unspecified atom stereocenters. The summed E-state index contributed by atoms with van der Waals surface area (Å²) in [5, 5.41) is 17.3. The number of aromatic nitrogens is 4. The SMILES string of the molecule is Fc1ccc(N(c2ccccc2)c2ccc3c(c2)c2cccc4c5c(-c6ccccc6)c6c(c(-c7ccccc7)c5n3c24)c2cc(-c3cccc(-c4c5c7cccc8c9cc(N(c%10ccccc%10)c%10cccc(F)c%10)ccc9n(c5c(-c5ccccc5)c5c9cccc%10c%11cc(N(c%12ccccc%12)c%12cccc(F)c%12)ccc%11n(c45)c%109)c87)c3)cc3c4cc(N(c5ccccc5)c5ccc(F)cc5)ccc4n6c32)cc1. The van der Waals surface area contributed by atoms with Gasteiger partial charge in [-0.15, -0.1) is 0 Å². The van der Waals surface area contributed by atoms with E-state index < -0.39 is 0 Å². The lowest BCUT2D eigenvalue weighted by Crippen LogP contribution is -2.10. The first-order valence-corrected chi connectivity index (χ1v) is 48.7. The van der Waals surface area contributed by atoms with Crippen LogP contribution in [-0.2, 0) is 0 Å². The van der Waals surface area contributed by atoms with Gasteiger partial charge in [-0.25, -0.2) is 17.6 Å². The van der Waals surface area contributed by atoms with Gasteiger partial charge in [-0.2, -0.15) is 0 Å². The van der Waals surface area contributed by atoms with Crippen molar-refractivity contribution in [3.63, 3.8) is 0 Å². The van der Waals surface area contributed by atoms with Crippen molar-refractivity contribution < 1.29 is 17.6 Å². The molecule has 30 rings (SSSR count). The Morgan fingerprint density at radius 2 is 0.368 bits per heavy atom. The summed E-state index contributed by atoms with van der Waals surface area (Å²) in [7, 11) is 0. The number of nitrogens with zero attached hydrogens (tertiary/aromatic N) is 8. The van der Waals surface area contributed by atoms with Crippen LogP contribution < -0.4 is 19.6 Å². The predicted molar refractivity (Wildman–Crippen MR) is 591 cm³/mol. The molecule has 0 fully saturated rings. The first-order chi connectivity index (χ1) is 71.1. The van der Waals surface area contributed by atoms with Crippen LogP contribution in [0.3, 0.4) is 0 Å². The molecule has 8 aromatic heterocycles. The number of hydrogen-bond donors (Lipinski definition) is 0. The van der Waals surface area contributed by atoms with Gasteiger partial charge in [0.25, 0.3) is 0 Å². The van der Waals surface area contributed by atoms with Crippen molar-refractivity contribution in [2.45, 2.75) is 0 Å². The fourth-order valence-electron chi connectivity index (χ4n) is 24.4. The molecule has 0 spiro atoms. The molecule has 0 saturated heterocycles. The first kappa shape index (κ1) is 81.0. The minimum absolute atomic E-state index is 0.302. The van der Waals surface area contributed by atoms with Crippen molar-refractivity contribution in [1.82, 2.24) is 17.6 Å². The highest BCUT2D eigenvalue weighted by Gasteiger charge is 2.36. The third-order valence-electron chi connectivity index (χ3n) is 30.1. The monoisotopic (exact) mass is 1850 g/mol. The Morgan fingerprint density at radius 3 is 0.708 bits per heavy atom. The lowest BCUT2D eigenvalue weighted by Gasteiger charge is -2.25. The van der Waals surface area contributed by atoms with E-state index in [1.54, 1.807) is 36.4 Å². The average Bonchev–Trinajstić information content (AvgIpc) is 1.50. The van der Waals surface area contributed by atoms with Crippen molar-refractivity contribution >= 4 is 221 Å². The molecule has 8 heterocycles. The molecule has 0 saturated carbocycles. The van der Waals surface area contributed by atoms with Gasteiger partial charge in [0.1, 0.15) is 23.3 Å². The van der Waals surface area contributed by atoms with Crippen LogP contribution in [0.25, 0.3) is 208 Å². The smallest absolute Gasteiger partial charge is 0.125 e. The number of hydrogen-bond acceptors (Lipinski definition) is 4. The molecule has 0 aliphatic heterocycles. The van der Waals surface area contributed by atoms with E-state index in [2.05, 4.69) is 353 Å². The third-order valence-corrected chi connectivity index (χ3v) is 30.1. The van der Waals surface area contributed by atoms with Gasteiger partial charge >= 0.3 is 0 Å². The van der Waals surface area contributed by atoms with Crippen LogP contribution >= 0.6 is 0 Å². The number of fused-ring (bicyclic) bond motifs is 24. The van der Waals surface area contributed by atoms with Crippen molar-refractivity contribution in [3.8, 4) is 55.6 Å². The number of anilines is 12. The molecule has 0 radical (unpaired) electrons. The molecule has 0 amide bonds. The maximum absolute atomic E-state index is 15.8. The molecule has 30 aromatic rings. The molecule has 0 aliphatic carbocycles. The summed E-state index contributed by atoms with van der Waals surface area (Å²) in [4.78, 5) is 8.73. The molecule has 144 heavy (non-hydrogen) atoms. The second-order valence-electron chi connectivity index (χ2n) is 37.8. The summed E-state index contributed by atoms with van der Waals surface area (Å²) in [6.07, 6.45) is 0. The van der Waals surface area contributed by atoms with Crippen LogP contribution in [0, 0.1) is 23.3 Å². The maximum Gasteiger partial charge on any atom is 0.125 e. The summed E-state index contributed by atoms with van der Waals surface area (Å²) < 4.78 is 72.3.